The molecule has 130 valence electrons. The van der Waals surface area contributed by atoms with Gasteiger partial charge in [-0.1, -0.05) is 18.2 Å². The molecule has 0 unspecified atom stereocenters. The zero-order valence-corrected chi connectivity index (χ0v) is 13.9. The molecular formula is C19H21FN4O. The van der Waals surface area contributed by atoms with Gasteiger partial charge < -0.3 is 15.3 Å². The number of anilines is 1. The molecule has 1 saturated heterocycles. The lowest BCUT2D eigenvalue weighted by Gasteiger charge is -2.21. The minimum absolute atomic E-state index is 0.353. The Morgan fingerprint density at radius 3 is 2.92 bits per heavy atom. The number of nitrogens with one attached hydrogen (secondary N) is 1. The van der Waals surface area contributed by atoms with Crippen molar-refractivity contribution in [3.8, 4) is 6.07 Å². The highest BCUT2D eigenvalue weighted by molar-refractivity contribution is 5.38. The second-order valence-corrected chi connectivity index (χ2v) is 6.38. The number of nitriles is 1. The second-order valence-electron chi connectivity index (χ2n) is 6.38. The molecule has 2 aromatic rings. The number of benzene rings is 1. The van der Waals surface area contributed by atoms with Crippen LogP contribution in [0.5, 0.6) is 0 Å². The third-order valence-corrected chi connectivity index (χ3v) is 4.53. The van der Waals surface area contributed by atoms with E-state index in [1.165, 1.54) is 6.07 Å². The normalized spacial score (nSPS) is 18.7. The first kappa shape index (κ1) is 17.3. The Bertz CT molecular complexity index is 744. The number of likely N-dealkylation sites (tertiary alicyclic amines) is 1. The van der Waals surface area contributed by atoms with Gasteiger partial charge in [0.1, 0.15) is 17.7 Å². The highest BCUT2D eigenvalue weighted by atomic mass is 19.1. The molecule has 5 nitrogen and oxygen atoms in total. The average Bonchev–Trinajstić information content (AvgIpc) is 3.08. The van der Waals surface area contributed by atoms with Gasteiger partial charge in [0.15, 0.2) is 0 Å². The highest BCUT2D eigenvalue weighted by Gasteiger charge is 2.25. The Balaban J connectivity index is 1.47. The molecule has 2 atom stereocenters. The van der Waals surface area contributed by atoms with Gasteiger partial charge in [-0.3, -0.25) is 0 Å². The summed E-state index contributed by atoms with van der Waals surface area (Å²) in [5.74, 6) is 0.841. The van der Waals surface area contributed by atoms with Gasteiger partial charge in [-0.25, -0.2) is 9.37 Å². The summed E-state index contributed by atoms with van der Waals surface area (Å²) >= 11 is 0. The largest absolute Gasteiger partial charge is 0.387 e. The Morgan fingerprint density at radius 1 is 1.36 bits per heavy atom. The Morgan fingerprint density at radius 2 is 2.20 bits per heavy atom. The minimum atomic E-state index is -0.812. The summed E-state index contributed by atoms with van der Waals surface area (Å²) in [6.07, 6.45) is 1.76. The summed E-state index contributed by atoms with van der Waals surface area (Å²) in [6, 6.07) is 12.0. The van der Waals surface area contributed by atoms with Crippen molar-refractivity contribution in [2.75, 3.05) is 31.5 Å². The fourth-order valence-electron chi connectivity index (χ4n) is 3.15. The van der Waals surface area contributed by atoms with Gasteiger partial charge in [-0.05, 0) is 37.1 Å². The lowest BCUT2D eigenvalue weighted by atomic mass is 10.1. The number of aromatic nitrogens is 1. The third kappa shape index (κ3) is 4.53. The Kier molecular flexibility index (Phi) is 5.59. The third-order valence-electron chi connectivity index (χ3n) is 4.53. The van der Waals surface area contributed by atoms with E-state index >= 15 is 0 Å². The molecule has 3 rings (SSSR count). The smallest absolute Gasteiger partial charge is 0.129 e. The van der Waals surface area contributed by atoms with Crippen molar-refractivity contribution in [2.24, 2.45) is 5.92 Å². The Labute approximate surface area is 146 Å². The van der Waals surface area contributed by atoms with Gasteiger partial charge in [0.2, 0.25) is 0 Å². The number of halogens is 1. The molecule has 0 saturated carbocycles. The van der Waals surface area contributed by atoms with Gasteiger partial charge in [-0.2, -0.15) is 5.26 Å². The summed E-state index contributed by atoms with van der Waals surface area (Å²) in [5, 5.41) is 22.3. The Hall–Kier alpha value is -2.49. The molecular weight excluding hydrogens is 319 g/mol. The zero-order chi connectivity index (χ0) is 17.6. The molecule has 0 spiro atoms. The van der Waals surface area contributed by atoms with Crippen LogP contribution in [0.4, 0.5) is 10.2 Å². The summed E-state index contributed by atoms with van der Waals surface area (Å²) in [4.78, 5) is 6.36. The van der Waals surface area contributed by atoms with E-state index in [-0.39, 0.29) is 5.82 Å². The van der Waals surface area contributed by atoms with E-state index in [1.807, 2.05) is 6.07 Å². The quantitative estimate of drug-likeness (QED) is 0.846. The van der Waals surface area contributed by atoms with E-state index < -0.39 is 6.10 Å². The fourth-order valence-corrected chi connectivity index (χ4v) is 3.15. The number of hydrogen-bond donors (Lipinski definition) is 2. The second kappa shape index (κ2) is 8.06. The van der Waals surface area contributed by atoms with Crippen LogP contribution in [0.25, 0.3) is 0 Å². The van der Waals surface area contributed by atoms with Crippen molar-refractivity contribution < 1.29 is 9.50 Å². The van der Waals surface area contributed by atoms with E-state index in [4.69, 9.17) is 5.26 Å². The average molecular weight is 340 g/mol. The predicted octanol–water partition coefficient (Wildman–Crippen LogP) is 2.56. The number of pyridine rings is 1. The molecule has 0 amide bonds. The monoisotopic (exact) mass is 340 g/mol. The molecule has 1 aromatic heterocycles. The van der Waals surface area contributed by atoms with Crippen LogP contribution in [0.15, 0.2) is 42.6 Å². The van der Waals surface area contributed by atoms with Crippen LogP contribution < -0.4 is 5.32 Å². The molecule has 0 radical (unpaired) electrons. The first-order chi connectivity index (χ1) is 12.2. The van der Waals surface area contributed by atoms with E-state index in [0.717, 1.165) is 31.9 Å². The summed E-state index contributed by atoms with van der Waals surface area (Å²) in [7, 11) is 0. The molecule has 0 aliphatic carbocycles. The first-order valence-corrected chi connectivity index (χ1v) is 8.40. The lowest BCUT2D eigenvalue weighted by molar-refractivity contribution is 0.121. The number of β-amino-alcohol motifs (C(OH)–C–C–N with tert-alkyl or cyclic N) is 1. The lowest BCUT2D eigenvalue weighted by Crippen LogP contribution is -2.28. The number of aliphatic hydroxyl groups is 1. The minimum Gasteiger partial charge on any atom is -0.387 e. The van der Waals surface area contributed by atoms with E-state index in [2.05, 4.69) is 15.2 Å². The summed E-state index contributed by atoms with van der Waals surface area (Å²) in [5.41, 5.74) is 0.894. The SMILES string of the molecule is N#Cc1ccc(NC[C@@H]2CCN(C[C@@H](O)c3ccccc3F)C2)nc1. The number of hydrogen-bond acceptors (Lipinski definition) is 5. The van der Waals surface area contributed by atoms with Crippen LogP contribution in [-0.2, 0) is 0 Å². The van der Waals surface area contributed by atoms with Crippen LogP contribution in [0.3, 0.4) is 0 Å². The van der Waals surface area contributed by atoms with Gasteiger partial charge >= 0.3 is 0 Å². The van der Waals surface area contributed by atoms with Crippen molar-refractivity contribution in [1.29, 1.82) is 5.26 Å². The molecule has 1 aromatic carbocycles. The number of aliphatic hydroxyl groups excluding tert-OH is 1. The van der Waals surface area contributed by atoms with Crippen molar-refractivity contribution in [3.05, 3.63) is 59.5 Å². The molecule has 2 N–H and O–H groups in total. The van der Waals surface area contributed by atoms with Crippen molar-refractivity contribution in [1.82, 2.24) is 9.88 Å². The molecule has 1 aliphatic rings. The van der Waals surface area contributed by atoms with Crippen LogP contribution >= 0.6 is 0 Å². The van der Waals surface area contributed by atoms with Crippen LogP contribution in [0.2, 0.25) is 0 Å². The van der Waals surface area contributed by atoms with Gasteiger partial charge in [-0.15, -0.1) is 0 Å². The van der Waals surface area contributed by atoms with Gasteiger partial charge in [0, 0.05) is 31.4 Å². The van der Waals surface area contributed by atoms with E-state index in [0.29, 0.717) is 23.6 Å². The van der Waals surface area contributed by atoms with Gasteiger partial charge in [0.05, 0.1) is 11.7 Å². The van der Waals surface area contributed by atoms with Crippen molar-refractivity contribution in [2.45, 2.75) is 12.5 Å². The van der Waals surface area contributed by atoms with Crippen molar-refractivity contribution >= 4 is 5.82 Å². The topological polar surface area (TPSA) is 72.2 Å². The molecule has 2 heterocycles. The van der Waals surface area contributed by atoms with E-state index in [9.17, 15) is 9.50 Å². The number of rotatable bonds is 6. The van der Waals surface area contributed by atoms with Crippen molar-refractivity contribution in [3.63, 3.8) is 0 Å². The molecule has 1 aliphatic heterocycles. The first-order valence-electron chi connectivity index (χ1n) is 8.40. The fraction of sp³-hybridized carbons (Fsp3) is 0.368. The van der Waals surface area contributed by atoms with E-state index in [1.54, 1.807) is 36.5 Å². The van der Waals surface area contributed by atoms with Crippen LogP contribution in [-0.4, -0.2) is 41.2 Å². The maximum atomic E-state index is 13.7. The van der Waals surface area contributed by atoms with Gasteiger partial charge in [0.25, 0.3) is 0 Å². The van der Waals surface area contributed by atoms with Crippen LogP contribution in [0, 0.1) is 23.1 Å². The number of nitrogens with zero attached hydrogens (tertiary/aromatic N) is 3. The van der Waals surface area contributed by atoms with Crippen LogP contribution in [0.1, 0.15) is 23.7 Å². The molecule has 6 heteroatoms. The molecule has 1 fully saturated rings. The predicted molar refractivity (Wildman–Crippen MR) is 93.3 cm³/mol. The summed E-state index contributed by atoms with van der Waals surface area (Å²) in [6.45, 7) is 2.96. The molecule has 25 heavy (non-hydrogen) atoms. The standard InChI is InChI=1S/C19H21FN4O/c20-17-4-2-1-3-16(17)18(25)13-24-8-7-15(12-24)11-23-19-6-5-14(9-21)10-22-19/h1-6,10,15,18,25H,7-8,11-13H2,(H,22,23)/t15-,18+/m0/s1. The molecule has 0 bridgehead atoms. The highest BCUT2D eigenvalue weighted by Crippen LogP contribution is 2.22. The maximum absolute atomic E-state index is 13.7. The summed E-state index contributed by atoms with van der Waals surface area (Å²) < 4.78 is 13.7. The maximum Gasteiger partial charge on any atom is 0.129 e. The zero-order valence-electron chi connectivity index (χ0n) is 13.9.